The van der Waals surface area contributed by atoms with E-state index < -0.39 is 11.4 Å². The van der Waals surface area contributed by atoms with E-state index in [1.165, 1.54) is 0 Å². The van der Waals surface area contributed by atoms with Crippen LogP contribution < -0.4 is 10.6 Å². The molecule has 2 aliphatic rings. The van der Waals surface area contributed by atoms with Gasteiger partial charge >= 0.3 is 12.0 Å². The van der Waals surface area contributed by atoms with Crippen LogP contribution in [0.1, 0.15) is 26.2 Å². The Morgan fingerprint density at radius 1 is 1.32 bits per heavy atom. The summed E-state index contributed by atoms with van der Waals surface area (Å²) in [4.78, 5) is 23.0. The Bertz CT molecular complexity index is 353. The van der Waals surface area contributed by atoms with E-state index in [4.69, 9.17) is 4.74 Å². The highest BCUT2D eigenvalue weighted by atomic mass is 16.5. The maximum atomic E-state index is 11.6. The standard InChI is InChI=1S/C13H22N2O4/c1-9-6-10(9)7-14-12(18)15-8-13(11(16)17)2-4-19-5-3-13/h9-10H,2-8H2,1H3,(H,16,17)(H2,14,15,18). The number of amides is 2. The Balaban J connectivity index is 1.75. The van der Waals surface area contributed by atoms with E-state index in [2.05, 4.69) is 17.6 Å². The molecule has 108 valence electrons. The van der Waals surface area contributed by atoms with Crippen molar-refractivity contribution in [1.82, 2.24) is 10.6 Å². The molecule has 2 fully saturated rings. The number of carbonyl (C=O) groups is 2. The maximum absolute atomic E-state index is 11.6. The summed E-state index contributed by atoms with van der Waals surface area (Å²) in [6.45, 7) is 3.88. The molecule has 3 N–H and O–H groups in total. The molecule has 0 radical (unpaired) electrons. The fourth-order valence-electron chi connectivity index (χ4n) is 2.45. The first kappa shape index (κ1) is 14.1. The monoisotopic (exact) mass is 270 g/mol. The molecule has 0 spiro atoms. The molecule has 0 bridgehead atoms. The van der Waals surface area contributed by atoms with Crippen LogP contribution in [0.2, 0.25) is 0 Å². The number of aliphatic carboxylic acids is 1. The Morgan fingerprint density at radius 2 is 1.95 bits per heavy atom. The topological polar surface area (TPSA) is 87.7 Å². The van der Waals surface area contributed by atoms with Gasteiger partial charge in [-0.05, 0) is 31.1 Å². The molecule has 6 heteroatoms. The lowest BCUT2D eigenvalue weighted by Crippen LogP contribution is -2.49. The van der Waals surface area contributed by atoms with Crippen molar-refractivity contribution >= 4 is 12.0 Å². The normalized spacial score (nSPS) is 28.5. The number of urea groups is 1. The number of rotatable bonds is 5. The molecule has 1 saturated carbocycles. The smallest absolute Gasteiger partial charge is 0.314 e. The van der Waals surface area contributed by atoms with Crippen molar-refractivity contribution in [3.05, 3.63) is 0 Å². The first-order valence-electron chi connectivity index (χ1n) is 6.86. The molecule has 2 amide bonds. The van der Waals surface area contributed by atoms with E-state index in [-0.39, 0.29) is 12.6 Å². The summed E-state index contributed by atoms with van der Waals surface area (Å²) < 4.78 is 5.19. The van der Waals surface area contributed by atoms with Crippen LogP contribution in [0.25, 0.3) is 0 Å². The van der Waals surface area contributed by atoms with Gasteiger partial charge in [0.1, 0.15) is 0 Å². The fraction of sp³-hybridized carbons (Fsp3) is 0.846. The lowest BCUT2D eigenvalue weighted by atomic mass is 9.80. The average molecular weight is 270 g/mol. The van der Waals surface area contributed by atoms with Crippen molar-refractivity contribution < 1.29 is 19.4 Å². The summed E-state index contributed by atoms with van der Waals surface area (Å²) in [5.74, 6) is 0.426. The number of ether oxygens (including phenoxy) is 1. The van der Waals surface area contributed by atoms with Gasteiger partial charge in [-0.1, -0.05) is 6.92 Å². The first-order valence-corrected chi connectivity index (χ1v) is 6.86. The minimum Gasteiger partial charge on any atom is -0.481 e. The molecule has 19 heavy (non-hydrogen) atoms. The summed E-state index contributed by atoms with van der Waals surface area (Å²) in [7, 11) is 0. The van der Waals surface area contributed by atoms with E-state index in [9.17, 15) is 14.7 Å². The van der Waals surface area contributed by atoms with Gasteiger partial charge in [0, 0.05) is 26.3 Å². The minimum absolute atomic E-state index is 0.164. The second-order valence-electron chi connectivity index (χ2n) is 5.73. The highest BCUT2D eigenvalue weighted by Gasteiger charge is 2.40. The summed E-state index contributed by atoms with van der Waals surface area (Å²) >= 11 is 0. The third-order valence-electron chi connectivity index (χ3n) is 4.29. The number of hydrogen-bond acceptors (Lipinski definition) is 3. The van der Waals surface area contributed by atoms with Crippen LogP contribution in [0.3, 0.4) is 0 Å². The van der Waals surface area contributed by atoms with Gasteiger partial charge in [-0.25, -0.2) is 4.79 Å². The second kappa shape index (κ2) is 5.77. The molecule has 6 nitrogen and oxygen atoms in total. The van der Waals surface area contributed by atoms with Gasteiger partial charge in [0.15, 0.2) is 0 Å². The second-order valence-corrected chi connectivity index (χ2v) is 5.73. The summed E-state index contributed by atoms with van der Waals surface area (Å²) in [5.41, 5.74) is -0.873. The van der Waals surface area contributed by atoms with Gasteiger partial charge in [0.05, 0.1) is 5.41 Å². The van der Waals surface area contributed by atoms with Gasteiger partial charge < -0.3 is 20.5 Å². The Labute approximate surface area is 112 Å². The predicted octanol–water partition coefficient (Wildman–Crippen LogP) is 0.823. The molecule has 1 heterocycles. The molecule has 0 aromatic carbocycles. The van der Waals surface area contributed by atoms with Crippen LogP contribution >= 0.6 is 0 Å². The highest BCUT2D eigenvalue weighted by molar-refractivity contribution is 5.78. The van der Waals surface area contributed by atoms with Crippen molar-refractivity contribution in [2.75, 3.05) is 26.3 Å². The number of nitrogens with one attached hydrogen (secondary N) is 2. The maximum Gasteiger partial charge on any atom is 0.314 e. The summed E-state index contributed by atoms with van der Waals surface area (Å²) in [6.07, 6.45) is 2.06. The summed E-state index contributed by atoms with van der Waals surface area (Å²) in [6, 6.07) is -0.272. The van der Waals surface area contributed by atoms with Crippen LogP contribution in [0.15, 0.2) is 0 Å². The van der Waals surface area contributed by atoms with E-state index in [1.54, 1.807) is 0 Å². The van der Waals surface area contributed by atoms with Crippen molar-refractivity contribution in [3.8, 4) is 0 Å². The Morgan fingerprint density at radius 3 is 2.47 bits per heavy atom. The zero-order valence-corrected chi connectivity index (χ0v) is 11.3. The quantitative estimate of drug-likeness (QED) is 0.690. The molecule has 2 atom stereocenters. The zero-order chi connectivity index (χ0) is 13.9. The number of carbonyl (C=O) groups excluding carboxylic acids is 1. The number of carboxylic acid groups (broad SMARTS) is 1. The van der Waals surface area contributed by atoms with E-state index >= 15 is 0 Å². The van der Waals surface area contributed by atoms with Gasteiger partial charge in [0.2, 0.25) is 0 Å². The lowest BCUT2D eigenvalue weighted by Gasteiger charge is -2.33. The summed E-state index contributed by atoms with van der Waals surface area (Å²) in [5, 5.41) is 14.8. The van der Waals surface area contributed by atoms with Crippen LogP contribution in [0.4, 0.5) is 4.79 Å². The molecule has 2 unspecified atom stereocenters. The van der Waals surface area contributed by atoms with Gasteiger partial charge in [-0.15, -0.1) is 0 Å². The zero-order valence-electron chi connectivity index (χ0n) is 11.3. The SMILES string of the molecule is CC1CC1CNC(=O)NCC1(C(=O)O)CCOCC1. The molecular formula is C13H22N2O4. The van der Waals surface area contributed by atoms with Crippen LogP contribution in [0, 0.1) is 17.3 Å². The highest BCUT2D eigenvalue weighted by Crippen LogP contribution is 2.36. The van der Waals surface area contributed by atoms with Crippen molar-refractivity contribution in [3.63, 3.8) is 0 Å². The Kier molecular flexibility index (Phi) is 4.29. The minimum atomic E-state index is -0.873. The van der Waals surface area contributed by atoms with Gasteiger partial charge in [0.25, 0.3) is 0 Å². The Hall–Kier alpha value is -1.30. The van der Waals surface area contributed by atoms with Crippen LogP contribution in [0.5, 0.6) is 0 Å². The average Bonchev–Trinajstić information content (AvgIpc) is 3.11. The molecule has 0 aromatic rings. The molecule has 1 saturated heterocycles. The number of carboxylic acids is 1. The third kappa shape index (κ3) is 3.59. The van der Waals surface area contributed by atoms with E-state index in [0.717, 1.165) is 6.42 Å². The predicted molar refractivity (Wildman–Crippen MR) is 68.8 cm³/mol. The molecule has 2 rings (SSSR count). The van der Waals surface area contributed by atoms with E-state index in [0.29, 0.717) is 44.4 Å². The van der Waals surface area contributed by atoms with Crippen molar-refractivity contribution in [2.24, 2.45) is 17.3 Å². The fourth-order valence-corrected chi connectivity index (χ4v) is 2.45. The van der Waals surface area contributed by atoms with Crippen LogP contribution in [-0.4, -0.2) is 43.4 Å². The van der Waals surface area contributed by atoms with Crippen molar-refractivity contribution in [1.29, 1.82) is 0 Å². The van der Waals surface area contributed by atoms with Crippen LogP contribution in [-0.2, 0) is 9.53 Å². The molecule has 1 aliphatic carbocycles. The first-order chi connectivity index (χ1) is 9.03. The number of hydrogen-bond donors (Lipinski definition) is 3. The molecule has 0 aromatic heterocycles. The molecule has 1 aliphatic heterocycles. The largest absolute Gasteiger partial charge is 0.481 e. The third-order valence-corrected chi connectivity index (χ3v) is 4.29. The van der Waals surface area contributed by atoms with Crippen molar-refractivity contribution in [2.45, 2.75) is 26.2 Å². The van der Waals surface area contributed by atoms with Gasteiger partial charge in [-0.2, -0.15) is 0 Å². The van der Waals surface area contributed by atoms with E-state index in [1.807, 2.05) is 0 Å². The van der Waals surface area contributed by atoms with Gasteiger partial charge in [-0.3, -0.25) is 4.79 Å². The molecular weight excluding hydrogens is 248 g/mol. The lowest BCUT2D eigenvalue weighted by molar-refractivity contribution is -0.154.